The molecule has 0 bridgehead atoms. The second-order valence-electron chi connectivity index (χ2n) is 4.55. The highest BCUT2D eigenvalue weighted by Gasteiger charge is 2.45. The summed E-state index contributed by atoms with van der Waals surface area (Å²) in [6.07, 6.45) is 1.94. The highest BCUT2D eigenvalue weighted by atomic mass is 32.2. The molecule has 0 aromatic carbocycles. The minimum atomic E-state index is -2.44. The molecule has 1 aliphatic heterocycles. The van der Waals surface area contributed by atoms with E-state index in [4.69, 9.17) is 5.73 Å². The Morgan fingerprint density at radius 3 is 2.57 bits per heavy atom. The zero-order valence-electron chi connectivity index (χ0n) is 8.22. The van der Waals surface area contributed by atoms with Crippen molar-refractivity contribution >= 4 is 11.8 Å². The molecule has 2 N–H and O–H groups in total. The van der Waals surface area contributed by atoms with Gasteiger partial charge in [0.1, 0.15) is 0 Å². The van der Waals surface area contributed by atoms with Gasteiger partial charge in [0.15, 0.2) is 0 Å². The van der Waals surface area contributed by atoms with Gasteiger partial charge in [-0.15, -0.1) is 0 Å². The van der Waals surface area contributed by atoms with Gasteiger partial charge in [0.25, 0.3) is 5.92 Å². The Hall–Kier alpha value is 0.170. The zero-order valence-corrected chi connectivity index (χ0v) is 9.03. The van der Waals surface area contributed by atoms with Crippen molar-refractivity contribution in [2.45, 2.75) is 37.6 Å². The van der Waals surface area contributed by atoms with Crippen molar-refractivity contribution in [1.29, 1.82) is 0 Å². The lowest BCUT2D eigenvalue weighted by Gasteiger charge is -2.33. The van der Waals surface area contributed by atoms with Crippen LogP contribution in [-0.4, -0.2) is 23.5 Å². The van der Waals surface area contributed by atoms with Crippen LogP contribution in [0.1, 0.15) is 25.7 Å². The first-order valence-corrected chi connectivity index (χ1v) is 6.46. The Kier molecular flexibility index (Phi) is 3.03. The molecule has 0 aromatic heterocycles. The first-order chi connectivity index (χ1) is 6.59. The van der Waals surface area contributed by atoms with Gasteiger partial charge < -0.3 is 5.73 Å². The van der Waals surface area contributed by atoms with Gasteiger partial charge in [-0.25, -0.2) is 8.78 Å². The summed E-state index contributed by atoms with van der Waals surface area (Å²) in [5.74, 6) is -0.243. The maximum Gasteiger partial charge on any atom is 0.251 e. The Balaban J connectivity index is 1.83. The summed E-state index contributed by atoms with van der Waals surface area (Å²) in [7, 11) is 0. The molecule has 82 valence electrons. The van der Waals surface area contributed by atoms with Crippen LogP contribution < -0.4 is 5.73 Å². The van der Waals surface area contributed by atoms with Gasteiger partial charge >= 0.3 is 0 Å². The lowest BCUT2D eigenvalue weighted by atomic mass is 9.90. The third kappa shape index (κ3) is 2.06. The van der Waals surface area contributed by atoms with Crippen LogP contribution in [0.15, 0.2) is 0 Å². The van der Waals surface area contributed by atoms with E-state index in [0.29, 0.717) is 25.2 Å². The number of alkyl halides is 2. The molecule has 0 aromatic rings. The van der Waals surface area contributed by atoms with E-state index < -0.39 is 11.8 Å². The Morgan fingerprint density at radius 1 is 1.43 bits per heavy atom. The molecule has 2 fully saturated rings. The van der Waals surface area contributed by atoms with Crippen LogP contribution in [-0.2, 0) is 0 Å². The molecule has 1 saturated heterocycles. The van der Waals surface area contributed by atoms with Crippen molar-refractivity contribution < 1.29 is 8.78 Å². The van der Waals surface area contributed by atoms with Crippen molar-refractivity contribution in [3.8, 4) is 0 Å². The van der Waals surface area contributed by atoms with E-state index in [1.165, 1.54) is 0 Å². The van der Waals surface area contributed by atoms with E-state index in [1.54, 1.807) is 0 Å². The van der Waals surface area contributed by atoms with Crippen molar-refractivity contribution in [3.05, 3.63) is 0 Å². The number of nitrogens with two attached hydrogens (primary N) is 1. The predicted octanol–water partition coefficient (Wildman–Crippen LogP) is 2.50. The molecule has 4 heteroatoms. The molecule has 1 heterocycles. The molecule has 2 unspecified atom stereocenters. The Morgan fingerprint density at radius 2 is 2.14 bits per heavy atom. The van der Waals surface area contributed by atoms with Crippen molar-refractivity contribution in [2.75, 3.05) is 11.5 Å². The highest BCUT2D eigenvalue weighted by Crippen LogP contribution is 2.43. The maximum atomic E-state index is 13.3. The molecule has 1 saturated carbocycles. The summed E-state index contributed by atoms with van der Waals surface area (Å²) in [5, 5.41) is 0. The molecule has 1 nitrogen and oxygen atoms in total. The summed E-state index contributed by atoms with van der Waals surface area (Å²) in [5.41, 5.74) is 5.93. The molecular formula is C10H17F2NS. The van der Waals surface area contributed by atoms with Gasteiger partial charge in [0.05, 0.1) is 0 Å². The lowest BCUT2D eigenvalue weighted by Crippen LogP contribution is -2.41. The van der Waals surface area contributed by atoms with Gasteiger partial charge in [-0.1, -0.05) is 0 Å². The number of rotatable bonds is 3. The van der Waals surface area contributed by atoms with E-state index in [1.807, 2.05) is 11.8 Å². The highest BCUT2D eigenvalue weighted by molar-refractivity contribution is 8.00. The zero-order chi connectivity index (χ0) is 10.2. The fraction of sp³-hybridized carbons (Fsp3) is 1.00. The van der Waals surface area contributed by atoms with Crippen molar-refractivity contribution in [3.63, 3.8) is 0 Å². The van der Waals surface area contributed by atoms with Crippen LogP contribution in [0, 0.1) is 11.8 Å². The van der Waals surface area contributed by atoms with Crippen molar-refractivity contribution in [2.24, 2.45) is 17.6 Å². The first-order valence-electron chi connectivity index (χ1n) is 5.31. The number of hydrogen-bond donors (Lipinski definition) is 1. The van der Waals surface area contributed by atoms with Gasteiger partial charge in [0.2, 0.25) is 0 Å². The largest absolute Gasteiger partial charge is 0.327 e. The Bertz CT molecular complexity index is 206. The van der Waals surface area contributed by atoms with Crippen LogP contribution in [0.4, 0.5) is 8.78 Å². The number of halogens is 2. The molecule has 1 aliphatic carbocycles. The third-order valence-corrected chi connectivity index (χ3v) is 4.81. The van der Waals surface area contributed by atoms with Crippen LogP contribution >= 0.6 is 11.8 Å². The molecule has 2 rings (SSSR count). The topological polar surface area (TPSA) is 26.0 Å². The van der Waals surface area contributed by atoms with Gasteiger partial charge in [-0.05, 0) is 36.7 Å². The smallest absolute Gasteiger partial charge is 0.251 e. The van der Waals surface area contributed by atoms with E-state index in [-0.39, 0.29) is 12.5 Å². The molecule has 0 amide bonds. The van der Waals surface area contributed by atoms with Gasteiger partial charge in [-0.2, -0.15) is 11.8 Å². The number of thioether (sulfide) groups is 1. The minimum Gasteiger partial charge on any atom is -0.327 e. The first kappa shape index (κ1) is 10.7. The molecule has 2 atom stereocenters. The standard InChI is InChI=1S/C10H17F2NS/c11-10(12)3-1-2-8(10)4-9(13)7-5-14-6-7/h7-9H,1-6,13H2. The lowest BCUT2D eigenvalue weighted by molar-refractivity contribution is -0.0425. The summed E-state index contributed by atoms with van der Waals surface area (Å²) in [6, 6.07) is 0.00484. The van der Waals surface area contributed by atoms with Crippen LogP contribution in [0.25, 0.3) is 0 Å². The second kappa shape index (κ2) is 3.97. The molecule has 14 heavy (non-hydrogen) atoms. The monoisotopic (exact) mass is 221 g/mol. The molecular weight excluding hydrogens is 204 g/mol. The molecule has 2 aliphatic rings. The minimum absolute atomic E-state index is 0.00484. The third-order valence-electron chi connectivity index (χ3n) is 3.49. The second-order valence-corrected chi connectivity index (χ2v) is 5.62. The summed E-state index contributed by atoms with van der Waals surface area (Å²) in [4.78, 5) is 0. The summed E-state index contributed by atoms with van der Waals surface area (Å²) >= 11 is 1.86. The molecule has 0 radical (unpaired) electrons. The van der Waals surface area contributed by atoms with Gasteiger partial charge in [0, 0.05) is 18.4 Å². The van der Waals surface area contributed by atoms with E-state index in [9.17, 15) is 8.78 Å². The fourth-order valence-corrected chi connectivity index (χ4v) is 3.31. The average Bonchev–Trinajstić information content (AvgIpc) is 2.27. The summed E-state index contributed by atoms with van der Waals surface area (Å²) in [6.45, 7) is 0. The normalized spacial score (nSPS) is 34.1. The fourth-order valence-electron chi connectivity index (χ4n) is 2.31. The van der Waals surface area contributed by atoms with E-state index in [2.05, 4.69) is 0 Å². The summed E-state index contributed by atoms with van der Waals surface area (Å²) < 4.78 is 26.6. The van der Waals surface area contributed by atoms with Crippen LogP contribution in [0.5, 0.6) is 0 Å². The van der Waals surface area contributed by atoms with Gasteiger partial charge in [-0.3, -0.25) is 0 Å². The Labute approximate surface area is 87.8 Å². The van der Waals surface area contributed by atoms with Crippen LogP contribution in [0.2, 0.25) is 0 Å². The number of hydrogen-bond acceptors (Lipinski definition) is 2. The molecule has 0 spiro atoms. The quantitative estimate of drug-likeness (QED) is 0.792. The van der Waals surface area contributed by atoms with Crippen molar-refractivity contribution in [1.82, 2.24) is 0 Å². The predicted molar refractivity (Wildman–Crippen MR) is 55.7 cm³/mol. The maximum absolute atomic E-state index is 13.3. The van der Waals surface area contributed by atoms with E-state index in [0.717, 1.165) is 11.5 Å². The van der Waals surface area contributed by atoms with Crippen LogP contribution in [0.3, 0.4) is 0 Å². The van der Waals surface area contributed by atoms with E-state index >= 15 is 0 Å². The SMILES string of the molecule is NC(CC1CCCC1(F)F)C1CSC1. The average molecular weight is 221 g/mol.